The molecule has 0 atom stereocenters. The number of halogens is 1. The first-order chi connectivity index (χ1) is 7.54. The minimum atomic E-state index is -0.241. The number of hydrogen-bond acceptors (Lipinski definition) is 4. The zero-order valence-electron chi connectivity index (χ0n) is 8.79. The summed E-state index contributed by atoms with van der Waals surface area (Å²) in [7, 11) is 0. The minimum Gasteiger partial charge on any atom is -0.489 e. The van der Waals surface area contributed by atoms with Gasteiger partial charge in [-0.25, -0.2) is 0 Å². The van der Waals surface area contributed by atoms with Crippen LogP contribution >= 0.6 is 11.6 Å². The minimum absolute atomic E-state index is 0.119. The molecule has 0 radical (unpaired) electrons. The standard InChI is InChI=1S/C10H13ClN2O3/c1-6(15)13-9-4-7(11)8(12)5-10(9)16-3-2-14/h4-5,14H,2-3,12H2,1H3,(H,13,15). The molecule has 0 aliphatic rings. The summed E-state index contributed by atoms with van der Waals surface area (Å²) in [5.74, 6) is 0.140. The first-order valence-electron chi connectivity index (χ1n) is 4.65. The number of nitrogen functional groups attached to an aromatic ring is 1. The second-order valence-electron chi connectivity index (χ2n) is 3.12. The van der Waals surface area contributed by atoms with Crippen LogP contribution in [0.1, 0.15) is 6.92 Å². The Labute approximate surface area is 98.2 Å². The van der Waals surface area contributed by atoms with Crippen LogP contribution in [0.5, 0.6) is 5.75 Å². The zero-order valence-corrected chi connectivity index (χ0v) is 9.54. The Morgan fingerprint density at radius 1 is 1.62 bits per heavy atom. The summed E-state index contributed by atoms with van der Waals surface area (Å²) in [6, 6.07) is 3.01. The SMILES string of the molecule is CC(=O)Nc1cc(Cl)c(N)cc1OCCO. The molecule has 4 N–H and O–H groups in total. The molecule has 0 spiro atoms. The summed E-state index contributed by atoms with van der Waals surface area (Å²) in [6.45, 7) is 1.37. The number of rotatable bonds is 4. The summed E-state index contributed by atoms with van der Waals surface area (Å²) in [6.07, 6.45) is 0. The molecular formula is C10H13ClN2O3. The number of ether oxygens (including phenoxy) is 1. The van der Waals surface area contributed by atoms with Gasteiger partial charge in [-0.1, -0.05) is 11.6 Å². The van der Waals surface area contributed by atoms with Crippen molar-refractivity contribution in [1.29, 1.82) is 0 Å². The topological polar surface area (TPSA) is 84.6 Å². The normalized spacial score (nSPS) is 9.94. The van der Waals surface area contributed by atoms with Crippen molar-refractivity contribution in [3.8, 4) is 5.75 Å². The number of amides is 1. The highest BCUT2D eigenvalue weighted by Gasteiger charge is 2.09. The number of hydrogen-bond donors (Lipinski definition) is 3. The van der Waals surface area contributed by atoms with Gasteiger partial charge in [-0.2, -0.15) is 0 Å². The van der Waals surface area contributed by atoms with Gasteiger partial charge in [0.2, 0.25) is 5.91 Å². The lowest BCUT2D eigenvalue weighted by Gasteiger charge is -2.12. The Morgan fingerprint density at radius 3 is 2.88 bits per heavy atom. The van der Waals surface area contributed by atoms with E-state index in [2.05, 4.69) is 5.32 Å². The Morgan fingerprint density at radius 2 is 2.31 bits per heavy atom. The maximum absolute atomic E-state index is 10.9. The van der Waals surface area contributed by atoms with E-state index in [1.165, 1.54) is 19.1 Å². The van der Waals surface area contributed by atoms with Gasteiger partial charge in [-0.05, 0) is 6.07 Å². The lowest BCUT2D eigenvalue weighted by Crippen LogP contribution is -2.10. The predicted octanol–water partition coefficient (Wildman–Crippen LogP) is 1.25. The Hall–Kier alpha value is -1.46. The van der Waals surface area contributed by atoms with E-state index in [0.29, 0.717) is 22.1 Å². The van der Waals surface area contributed by atoms with Crippen LogP contribution in [-0.2, 0) is 4.79 Å². The number of carbonyl (C=O) groups is 1. The second-order valence-corrected chi connectivity index (χ2v) is 3.53. The summed E-state index contributed by atoms with van der Waals surface area (Å²) in [5, 5.41) is 11.6. The molecule has 0 unspecified atom stereocenters. The molecule has 6 heteroatoms. The first kappa shape index (κ1) is 12.6. The van der Waals surface area contributed by atoms with Gasteiger partial charge in [-0.3, -0.25) is 4.79 Å². The third-order valence-electron chi connectivity index (χ3n) is 1.76. The highest BCUT2D eigenvalue weighted by atomic mass is 35.5. The molecule has 0 aliphatic heterocycles. The van der Waals surface area contributed by atoms with Crippen LogP contribution in [0.4, 0.5) is 11.4 Å². The Kier molecular flexibility index (Phi) is 4.39. The molecular weight excluding hydrogens is 232 g/mol. The Balaban J connectivity index is 3.01. The predicted molar refractivity (Wildman–Crippen MR) is 62.7 cm³/mol. The van der Waals surface area contributed by atoms with Gasteiger partial charge in [0.15, 0.2) is 0 Å². The van der Waals surface area contributed by atoms with Crippen molar-refractivity contribution in [3.05, 3.63) is 17.2 Å². The molecule has 0 fully saturated rings. The van der Waals surface area contributed by atoms with E-state index in [1.807, 2.05) is 0 Å². The smallest absolute Gasteiger partial charge is 0.221 e. The van der Waals surface area contributed by atoms with Crippen molar-refractivity contribution in [2.45, 2.75) is 6.92 Å². The fourth-order valence-corrected chi connectivity index (χ4v) is 1.30. The van der Waals surface area contributed by atoms with Crippen molar-refractivity contribution in [2.75, 3.05) is 24.3 Å². The monoisotopic (exact) mass is 244 g/mol. The van der Waals surface area contributed by atoms with Crippen LogP contribution in [0.25, 0.3) is 0 Å². The summed E-state index contributed by atoms with van der Waals surface area (Å²) < 4.78 is 5.22. The van der Waals surface area contributed by atoms with E-state index >= 15 is 0 Å². The van der Waals surface area contributed by atoms with Gasteiger partial charge < -0.3 is 20.9 Å². The molecule has 5 nitrogen and oxygen atoms in total. The average molecular weight is 245 g/mol. The molecule has 1 aromatic rings. The number of benzene rings is 1. The number of carbonyl (C=O) groups excluding carboxylic acids is 1. The molecule has 0 aromatic heterocycles. The van der Waals surface area contributed by atoms with E-state index in [-0.39, 0.29) is 19.1 Å². The second kappa shape index (κ2) is 5.58. The molecule has 0 aliphatic carbocycles. The maximum Gasteiger partial charge on any atom is 0.221 e. The van der Waals surface area contributed by atoms with Gasteiger partial charge in [-0.15, -0.1) is 0 Å². The molecule has 0 bridgehead atoms. The van der Waals surface area contributed by atoms with Crippen molar-refractivity contribution < 1.29 is 14.6 Å². The van der Waals surface area contributed by atoms with Gasteiger partial charge in [0, 0.05) is 13.0 Å². The van der Waals surface area contributed by atoms with E-state index in [1.54, 1.807) is 0 Å². The molecule has 88 valence electrons. The Bertz CT molecular complexity index is 396. The largest absolute Gasteiger partial charge is 0.489 e. The lowest BCUT2D eigenvalue weighted by molar-refractivity contribution is -0.114. The summed E-state index contributed by atoms with van der Waals surface area (Å²) in [5.41, 5.74) is 6.39. The lowest BCUT2D eigenvalue weighted by atomic mass is 10.2. The van der Waals surface area contributed by atoms with Crippen LogP contribution in [0.15, 0.2) is 12.1 Å². The maximum atomic E-state index is 10.9. The number of nitrogens with two attached hydrogens (primary N) is 1. The van der Waals surface area contributed by atoms with Crippen molar-refractivity contribution in [1.82, 2.24) is 0 Å². The highest BCUT2D eigenvalue weighted by Crippen LogP contribution is 2.32. The van der Waals surface area contributed by atoms with E-state index in [4.69, 9.17) is 27.2 Å². The average Bonchev–Trinajstić information content (AvgIpc) is 2.20. The van der Waals surface area contributed by atoms with Crippen molar-refractivity contribution in [3.63, 3.8) is 0 Å². The van der Waals surface area contributed by atoms with Crippen LogP contribution in [0.3, 0.4) is 0 Å². The van der Waals surface area contributed by atoms with Crippen molar-refractivity contribution >= 4 is 28.9 Å². The number of nitrogens with one attached hydrogen (secondary N) is 1. The zero-order chi connectivity index (χ0) is 12.1. The van der Waals surface area contributed by atoms with E-state index in [9.17, 15) is 4.79 Å². The van der Waals surface area contributed by atoms with Crippen molar-refractivity contribution in [2.24, 2.45) is 0 Å². The van der Waals surface area contributed by atoms with Crippen LogP contribution in [-0.4, -0.2) is 24.2 Å². The number of aliphatic hydroxyl groups is 1. The molecule has 1 rings (SSSR count). The molecule has 16 heavy (non-hydrogen) atoms. The summed E-state index contributed by atoms with van der Waals surface area (Å²) >= 11 is 5.82. The van der Waals surface area contributed by atoms with E-state index in [0.717, 1.165) is 0 Å². The van der Waals surface area contributed by atoms with Crippen LogP contribution < -0.4 is 15.8 Å². The third kappa shape index (κ3) is 3.29. The fourth-order valence-electron chi connectivity index (χ4n) is 1.13. The first-order valence-corrected chi connectivity index (χ1v) is 5.02. The van der Waals surface area contributed by atoms with Gasteiger partial charge in [0.25, 0.3) is 0 Å². The van der Waals surface area contributed by atoms with Gasteiger partial charge >= 0.3 is 0 Å². The highest BCUT2D eigenvalue weighted by molar-refractivity contribution is 6.33. The molecule has 1 aromatic carbocycles. The molecule has 1 amide bonds. The quantitative estimate of drug-likeness (QED) is 0.696. The summed E-state index contributed by atoms with van der Waals surface area (Å²) in [4.78, 5) is 10.9. The van der Waals surface area contributed by atoms with E-state index < -0.39 is 0 Å². The third-order valence-corrected chi connectivity index (χ3v) is 2.09. The van der Waals surface area contributed by atoms with Crippen LogP contribution in [0.2, 0.25) is 5.02 Å². The number of aliphatic hydroxyl groups excluding tert-OH is 1. The molecule has 0 saturated carbocycles. The van der Waals surface area contributed by atoms with Gasteiger partial charge in [0.05, 0.1) is 23.0 Å². The van der Waals surface area contributed by atoms with Crippen LogP contribution in [0, 0.1) is 0 Å². The van der Waals surface area contributed by atoms with Gasteiger partial charge in [0.1, 0.15) is 12.4 Å². The number of anilines is 2. The fraction of sp³-hybridized carbons (Fsp3) is 0.300. The molecule has 0 saturated heterocycles. The molecule has 0 heterocycles.